The molecule has 1 atom stereocenters. The van der Waals surface area contributed by atoms with Gasteiger partial charge in [0.2, 0.25) is 11.8 Å². The van der Waals surface area contributed by atoms with E-state index in [9.17, 15) is 18.0 Å². The monoisotopic (exact) mass is 583 g/mol. The number of hydrogen-bond acceptors (Lipinski definition) is 5. The Morgan fingerprint density at radius 3 is 2.20 bits per heavy atom. The van der Waals surface area contributed by atoms with Crippen molar-refractivity contribution in [1.29, 1.82) is 0 Å². The minimum Gasteiger partial charge on any atom is -0.497 e. The van der Waals surface area contributed by atoms with Crippen molar-refractivity contribution >= 4 is 39.1 Å². The second kappa shape index (κ2) is 13.2. The lowest BCUT2D eigenvalue weighted by Crippen LogP contribution is -2.52. The number of anilines is 1. The van der Waals surface area contributed by atoms with Crippen molar-refractivity contribution in [2.45, 2.75) is 56.1 Å². The number of hydrogen-bond donors (Lipinski definition) is 1. The summed E-state index contributed by atoms with van der Waals surface area (Å²) in [6.07, 6.45) is 3.95. The molecule has 3 aromatic carbocycles. The number of halogens is 1. The van der Waals surface area contributed by atoms with E-state index in [0.717, 1.165) is 35.6 Å². The van der Waals surface area contributed by atoms with Gasteiger partial charge in [0.1, 0.15) is 18.3 Å². The maximum Gasteiger partial charge on any atom is 0.264 e. The number of nitrogens with one attached hydrogen (secondary N) is 1. The van der Waals surface area contributed by atoms with Gasteiger partial charge >= 0.3 is 0 Å². The summed E-state index contributed by atoms with van der Waals surface area (Å²) in [4.78, 5) is 28.6. The van der Waals surface area contributed by atoms with Gasteiger partial charge in [-0.15, -0.1) is 0 Å². The summed E-state index contributed by atoms with van der Waals surface area (Å²) in [5, 5.41) is 3.50. The van der Waals surface area contributed by atoms with Crippen molar-refractivity contribution in [3.05, 3.63) is 89.4 Å². The third kappa shape index (κ3) is 7.14. The topological polar surface area (TPSA) is 96.0 Å². The minimum atomic E-state index is -4.17. The van der Waals surface area contributed by atoms with Gasteiger partial charge in [-0.25, -0.2) is 8.42 Å². The highest BCUT2D eigenvalue weighted by atomic mass is 35.5. The van der Waals surface area contributed by atoms with Gasteiger partial charge < -0.3 is 15.0 Å². The summed E-state index contributed by atoms with van der Waals surface area (Å²) < 4.78 is 34.0. The van der Waals surface area contributed by atoms with E-state index in [1.54, 1.807) is 43.3 Å². The average molecular weight is 584 g/mol. The minimum absolute atomic E-state index is 0.00214. The number of sulfonamides is 1. The van der Waals surface area contributed by atoms with E-state index in [1.165, 1.54) is 24.1 Å². The molecule has 40 heavy (non-hydrogen) atoms. The average Bonchev–Trinajstić information content (AvgIpc) is 3.48. The normalized spacial score (nSPS) is 14.4. The first-order chi connectivity index (χ1) is 19.2. The molecule has 8 nitrogen and oxygen atoms in total. The van der Waals surface area contributed by atoms with Crippen molar-refractivity contribution < 1.29 is 22.7 Å². The molecular formula is C30H34ClN3O5S. The Morgan fingerprint density at radius 1 is 0.975 bits per heavy atom. The first-order valence-electron chi connectivity index (χ1n) is 13.2. The Balaban J connectivity index is 1.66. The Morgan fingerprint density at radius 2 is 1.60 bits per heavy atom. The second-order valence-electron chi connectivity index (χ2n) is 9.84. The Hall–Kier alpha value is -3.56. The maximum atomic E-state index is 14.0. The van der Waals surface area contributed by atoms with Crippen molar-refractivity contribution in [2.24, 2.45) is 0 Å². The number of carbonyl (C=O) groups is 2. The van der Waals surface area contributed by atoms with Crippen LogP contribution in [0.3, 0.4) is 0 Å². The molecule has 3 aromatic rings. The summed E-state index contributed by atoms with van der Waals surface area (Å²) in [6.45, 7) is 1.32. The molecule has 0 radical (unpaired) electrons. The van der Waals surface area contributed by atoms with Crippen LogP contribution in [0.2, 0.25) is 5.02 Å². The fourth-order valence-corrected chi connectivity index (χ4v) is 6.31. The number of ether oxygens (including phenoxy) is 1. The Kier molecular flexibility index (Phi) is 9.71. The van der Waals surface area contributed by atoms with E-state index in [-0.39, 0.29) is 29.1 Å². The zero-order chi connectivity index (χ0) is 28.7. The van der Waals surface area contributed by atoms with Crippen LogP contribution in [0.5, 0.6) is 5.75 Å². The molecule has 1 N–H and O–H groups in total. The summed E-state index contributed by atoms with van der Waals surface area (Å²) in [6, 6.07) is 20.8. The third-order valence-electron chi connectivity index (χ3n) is 7.11. The molecule has 2 amide bonds. The molecule has 1 unspecified atom stereocenters. The molecule has 1 aliphatic carbocycles. The van der Waals surface area contributed by atoms with Crippen LogP contribution >= 0.6 is 11.6 Å². The van der Waals surface area contributed by atoms with Crippen molar-refractivity contribution in [3.63, 3.8) is 0 Å². The zero-order valence-electron chi connectivity index (χ0n) is 22.6. The van der Waals surface area contributed by atoms with Gasteiger partial charge in [0, 0.05) is 17.6 Å². The van der Waals surface area contributed by atoms with Crippen LogP contribution in [0, 0.1) is 0 Å². The van der Waals surface area contributed by atoms with Crippen molar-refractivity contribution in [3.8, 4) is 5.75 Å². The van der Waals surface area contributed by atoms with Gasteiger partial charge in [-0.3, -0.25) is 13.9 Å². The van der Waals surface area contributed by atoms with Gasteiger partial charge in [0.15, 0.2) is 0 Å². The van der Waals surface area contributed by atoms with Crippen LogP contribution in [0.4, 0.5) is 5.69 Å². The molecule has 0 heterocycles. The van der Waals surface area contributed by atoms with Crippen LogP contribution in [0.25, 0.3) is 0 Å². The van der Waals surface area contributed by atoms with E-state index in [4.69, 9.17) is 16.3 Å². The number of nitrogens with zero attached hydrogens (tertiary/aromatic N) is 2. The van der Waals surface area contributed by atoms with Crippen LogP contribution in [0.15, 0.2) is 83.8 Å². The van der Waals surface area contributed by atoms with E-state index in [0.29, 0.717) is 10.8 Å². The highest BCUT2D eigenvalue weighted by Gasteiger charge is 2.33. The van der Waals surface area contributed by atoms with Gasteiger partial charge in [-0.1, -0.05) is 54.8 Å². The van der Waals surface area contributed by atoms with Gasteiger partial charge in [-0.2, -0.15) is 0 Å². The number of benzene rings is 3. The molecule has 4 rings (SSSR count). The molecule has 10 heteroatoms. The van der Waals surface area contributed by atoms with E-state index >= 15 is 0 Å². The third-order valence-corrected chi connectivity index (χ3v) is 9.15. The van der Waals surface area contributed by atoms with E-state index in [1.807, 2.05) is 30.3 Å². The molecule has 0 bridgehead atoms. The highest BCUT2D eigenvalue weighted by Crippen LogP contribution is 2.27. The fourth-order valence-electron chi connectivity index (χ4n) is 4.77. The van der Waals surface area contributed by atoms with Crippen LogP contribution in [-0.4, -0.2) is 50.9 Å². The molecule has 1 fully saturated rings. The summed E-state index contributed by atoms with van der Waals surface area (Å²) in [5.74, 6) is -0.263. The zero-order valence-corrected chi connectivity index (χ0v) is 24.2. The molecule has 1 saturated carbocycles. The number of amides is 2. The second-order valence-corrected chi connectivity index (χ2v) is 12.1. The molecule has 0 aliphatic heterocycles. The smallest absolute Gasteiger partial charge is 0.264 e. The Labute approximate surface area is 240 Å². The molecular weight excluding hydrogens is 550 g/mol. The van der Waals surface area contributed by atoms with Gasteiger partial charge in [0.25, 0.3) is 10.0 Å². The molecule has 212 valence electrons. The first-order valence-corrected chi connectivity index (χ1v) is 15.1. The summed E-state index contributed by atoms with van der Waals surface area (Å²) in [7, 11) is -2.68. The van der Waals surface area contributed by atoms with Crippen LogP contribution in [-0.2, 0) is 26.2 Å². The lowest BCUT2D eigenvalue weighted by Gasteiger charge is -2.32. The lowest BCUT2D eigenvalue weighted by molar-refractivity contribution is -0.139. The molecule has 0 spiro atoms. The van der Waals surface area contributed by atoms with Crippen molar-refractivity contribution in [1.82, 2.24) is 10.2 Å². The standard InChI is InChI=1S/C30H34ClN3O5S/c1-22(30(36)32-25-10-6-7-11-25)33(20-23-8-4-3-5-9-23)29(35)21-34(26-14-12-24(31)13-15-26)40(37,38)28-18-16-27(39-2)17-19-28/h3-5,8-9,12-19,22,25H,6-7,10-11,20-21H2,1-2H3,(H,32,36). The van der Waals surface area contributed by atoms with Crippen LogP contribution in [0.1, 0.15) is 38.2 Å². The van der Waals surface area contributed by atoms with Crippen LogP contribution < -0.4 is 14.4 Å². The number of rotatable bonds is 11. The quantitative estimate of drug-likeness (QED) is 0.342. The number of methoxy groups -OCH3 is 1. The van der Waals surface area contributed by atoms with Crippen molar-refractivity contribution in [2.75, 3.05) is 18.0 Å². The fraction of sp³-hybridized carbons (Fsp3) is 0.333. The van der Waals surface area contributed by atoms with E-state index in [2.05, 4.69) is 5.32 Å². The first kappa shape index (κ1) is 29.4. The summed E-state index contributed by atoms with van der Waals surface area (Å²) >= 11 is 6.07. The van der Waals surface area contributed by atoms with E-state index < -0.39 is 28.5 Å². The molecule has 0 aromatic heterocycles. The summed E-state index contributed by atoms with van der Waals surface area (Å²) in [5.41, 5.74) is 1.10. The molecule has 0 saturated heterocycles. The highest BCUT2D eigenvalue weighted by molar-refractivity contribution is 7.92. The maximum absolute atomic E-state index is 14.0. The SMILES string of the molecule is COc1ccc(S(=O)(=O)N(CC(=O)N(Cc2ccccc2)C(C)C(=O)NC2CCCC2)c2ccc(Cl)cc2)cc1. The number of carbonyl (C=O) groups excluding carboxylic acids is 2. The van der Waals surface area contributed by atoms with Gasteiger partial charge in [-0.05, 0) is 73.9 Å². The van der Waals surface area contributed by atoms with Gasteiger partial charge in [0.05, 0.1) is 17.7 Å². The Bertz CT molecular complexity index is 1390. The lowest BCUT2D eigenvalue weighted by atomic mass is 10.1. The largest absolute Gasteiger partial charge is 0.497 e. The predicted octanol–water partition coefficient (Wildman–Crippen LogP) is 5.02. The molecule has 1 aliphatic rings. The predicted molar refractivity (Wildman–Crippen MR) is 156 cm³/mol.